The fourth-order valence-corrected chi connectivity index (χ4v) is 3.17. The summed E-state index contributed by atoms with van der Waals surface area (Å²) in [5, 5.41) is 9.75. The largest absolute Gasteiger partial charge is 0.439 e. The van der Waals surface area contributed by atoms with Gasteiger partial charge in [-0.3, -0.25) is 0 Å². The fourth-order valence-electron chi connectivity index (χ4n) is 2.30. The van der Waals surface area contributed by atoms with Crippen LogP contribution in [0.4, 0.5) is 4.39 Å². The van der Waals surface area contributed by atoms with Crippen LogP contribution in [-0.2, 0) is 12.2 Å². The molecule has 0 saturated heterocycles. The van der Waals surface area contributed by atoms with Crippen molar-refractivity contribution in [3.05, 3.63) is 77.2 Å². The SMILES string of the molecule is CCc1cc(Oc2cccc(F)c2)nc(SCc2ccccc2C#N)n1. The lowest BCUT2D eigenvalue weighted by molar-refractivity contribution is 0.449. The Morgan fingerprint density at radius 1 is 1.12 bits per heavy atom. The molecule has 1 aromatic heterocycles. The number of ether oxygens (including phenoxy) is 1. The van der Waals surface area contributed by atoms with E-state index in [-0.39, 0.29) is 5.82 Å². The number of nitrogens with zero attached hydrogens (tertiary/aromatic N) is 3. The molecule has 6 heteroatoms. The molecule has 0 aliphatic rings. The minimum Gasteiger partial charge on any atom is -0.439 e. The Hall–Kier alpha value is -2.91. The van der Waals surface area contributed by atoms with E-state index in [2.05, 4.69) is 16.0 Å². The van der Waals surface area contributed by atoms with Gasteiger partial charge in [0.1, 0.15) is 11.6 Å². The van der Waals surface area contributed by atoms with Gasteiger partial charge in [-0.15, -0.1) is 0 Å². The summed E-state index contributed by atoms with van der Waals surface area (Å²) < 4.78 is 19.0. The van der Waals surface area contributed by atoms with Gasteiger partial charge in [0.2, 0.25) is 5.88 Å². The maximum atomic E-state index is 13.3. The van der Waals surface area contributed by atoms with Gasteiger partial charge in [0.05, 0.1) is 11.6 Å². The molecule has 0 bridgehead atoms. The second kappa shape index (κ2) is 8.45. The van der Waals surface area contributed by atoms with Gasteiger partial charge >= 0.3 is 0 Å². The first-order chi connectivity index (χ1) is 12.7. The minimum absolute atomic E-state index is 0.366. The van der Waals surface area contributed by atoms with E-state index in [4.69, 9.17) is 4.74 Å². The molecular formula is C20H16FN3OS. The molecule has 3 rings (SSSR count). The monoisotopic (exact) mass is 365 g/mol. The average molecular weight is 365 g/mol. The van der Waals surface area contributed by atoms with Gasteiger partial charge in [0.25, 0.3) is 0 Å². The summed E-state index contributed by atoms with van der Waals surface area (Å²) in [5.41, 5.74) is 2.41. The second-order valence-electron chi connectivity index (χ2n) is 5.45. The van der Waals surface area contributed by atoms with Gasteiger partial charge in [0, 0.05) is 23.6 Å². The molecule has 0 atom stereocenters. The van der Waals surface area contributed by atoms with Crippen molar-refractivity contribution in [3.63, 3.8) is 0 Å². The lowest BCUT2D eigenvalue weighted by atomic mass is 10.1. The summed E-state index contributed by atoms with van der Waals surface area (Å²) in [6, 6.07) is 17.3. The molecule has 0 radical (unpaired) electrons. The Balaban J connectivity index is 1.80. The third-order valence-electron chi connectivity index (χ3n) is 3.61. The summed E-state index contributed by atoms with van der Waals surface area (Å²) in [6.45, 7) is 1.99. The predicted octanol–water partition coefficient (Wildman–Crippen LogP) is 5.13. The number of hydrogen-bond acceptors (Lipinski definition) is 5. The Kier molecular flexibility index (Phi) is 5.82. The van der Waals surface area contributed by atoms with Crippen molar-refractivity contribution in [2.24, 2.45) is 0 Å². The molecule has 0 unspecified atom stereocenters. The summed E-state index contributed by atoms with van der Waals surface area (Å²) in [6.07, 6.45) is 0.727. The maximum Gasteiger partial charge on any atom is 0.223 e. The molecule has 26 heavy (non-hydrogen) atoms. The number of rotatable bonds is 6. The summed E-state index contributed by atoms with van der Waals surface area (Å²) >= 11 is 1.43. The molecule has 0 spiro atoms. The number of halogens is 1. The molecule has 0 aliphatic heterocycles. The van der Waals surface area contributed by atoms with E-state index in [0.29, 0.717) is 28.1 Å². The molecule has 0 N–H and O–H groups in total. The third kappa shape index (κ3) is 4.58. The zero-order valence-corrected chi connectivity index (χ0v) is 15.0. The highest BCUT2D eigenvalue weighted by Gasteiger charge is 2.09. The normalized spacial score (nSPS) is 10.3. The van der Waals surface area contributed by atoms with Crippen LogP contribution in [0, 0.1) is 17.1 Å². The van der Waals surface area contributed by atoms with Crippen LogP contribution in [0.25, 0.3) is 0 Å². The zero-order valence-electron chi connectivity index (χ0n) is 14.1. The molecule has 0 fully saturated rings. The second-order valence-corrected chi connectivity index (χ2v) is 6.39. The van der Waals surface area contributed by atoms with E-state index < -0.39 is 0 Å². The summed E-state index contributed by atoms with van der Waals surface area (Å²) in [4.78, 5) is 8.90. The number of aromatic nitrogens is 2. The highest BCUT2D eigenvalue weighted by molar-refractivity contribution is 7.98. The van der Waals surface area contributed by atoms with E-state index in [0.717, 1.165) is 17.7 Å². The molecule has 0 saturated carbocycles. The van der Waals surface area contributed by atoms with Crippen molar-refractivity contribution in [2.45, 2.75) is 24.3 Å². The van der Waals surface area contributed by atoms with Gasteiger partial charge in [-0.2, -0.15) is 10.2 Å². The standard InChI is InChI=1S/C20H16FN3OS/c1-2-17-11-19(25-18-9-5-8-16(21)10-18)24-20(23-17)26-13-15-7-4-3-6-14(15)12-22/h3-11H,2,13H2,1H3. The number of benzene rings is 2. The first kappa shape index (κ1) is 17.9. The highest BCUT2D eigenvalue weighted by Crippen LogP contribution is 2.26. The molecule has 130 valence electrons. The van der Waals surface area contributed by atoms with Gasteiger partial charge in [0.15, 0.2) is 5.16 Å². The van der Waals surface area contributed by atoms with Gasteiger partial charge in [-0.05, 0) is 30.2 Å². The van der Waals surface area contributed by atoms with Crippen molar-refractivity contribution in [1.82, 2.24) is 9.97 Å². The number of aryl methyl sites for hydroxylation is 1. The van der Waals surface area contributed by atoms with E-state index >= 15 is 0 Å². The lowest BCUT2D eigenvalue weighted by Crippen LogP contribution is -1.98. The summed E-state index contributed by atoms with van der Waals surface area (Å²) in [5.74, 6) is 0.973. The molecule has 0 amide bonds. The van der Waals surface area contributed by atoms with Crippen LogP contribution < -0.4 is 4.74 Å². The number of hydrogen-bond donors (Lipinski definition) is 0. The van der Waals surface area contributed by atoms with E-state index in [1.54, 1.807) is 24.3 Å². The van der Waals surface area contributed by atoms with Crippen molar-refractivity contribution < 1.29 is 9.13 Å². The van der Waals surface area contributed by atoms with Crippen LogP contribution in [0.2, 0.25) is 0 Å². The molecule has 4 nitrogen and oxygen atoms in total. The van der Waals surface area contributed by atoms with Crippen molar-refractivity contribution in [3.8, 4) is 17.7 Å². The maximum absolute atomic E-state index is 13.3. The first-order valence-electron chi connectivity index (χ1n) is 8.10. The smallest absolute Gasteiger partial charge is 0.223 e. The van der Waals surface area contributed by atoms with Crippen molar-refractivity contribution in [2.75, 3.05) is 0 Å². The van der Waals surface area contributed by atoms with Crippen LogP contribution >= 0.6 is 11.8 Å². The topological polar surface area (TPSA) is 58.8 Å². The van der Waals surface area contributed by atoms with Crippen LogP contribution in [-0.4, -0.2) is 9.97 Å². The van der Waals surface area contributed by atoms with Crippen LogP contribution in [0.5, 0.6) is 11.6 Å². The number of thioether (sulfide) groups is 1. The Morgan fingerprint density at radius 2 is 1.96 bits per heavy atom. The van der Waals surface area contributed by atoms with Gasteiger partial charge < -0.3 is 4.74 Å². The van der Waals surface area contributed by atoms with Crippen LogP contribution in [0.1, 0.15) is 23.7 Å². The Bertz CT molecular complexity index is 956. The summed E-state index contributed by atoms with van der Waals surface area (Å²) in [7, 11) is 0. The first-order valence-corrected chi connectivity index (χ1v) is 9.08. The third-order valence-corrected chi connectivity index (χ3v) is 4.51. The quantitative estimate of drug-likeness (QED) is 0.447. The molecular weight excluding hydrogens is 349 g/mol. The predicted molar refractivity (Wildman–Crippen MR) is 98.6 cm³/mol. The Labute approximate surface area is 155 Å². The molecule has 1 heterocycles. The van der Waals surface area contributed by atoms with Gasteiger partial charge in [-0.1, -0.05) is 43.0 Å². The Morgan fingerprint density at radius 3 is 2.73 bits per heavy atom. The minimum atomic E-state index is -0.366. The van der Waals surface area contributed by atoms with E-state index in [1.165, 1.54) is 23.9 Å². The van der Waals surface area contributed by atoms with Crippen LogP contribution in [0.15, 0.2) is 59.8 Å². The molecule has 2 aromatic carbocycles. The highest BCUT2D eigenvalue weighted by atomic mass is 32.2. The molecule has 3 aromatic rings. The average Bonchev–Trinajstić information content (AvgIpc) is 2.66. The van der Waals surface area contributed by atoms with E-state index in [9.17, 15) is 9.65 Å². The number of nitriles is 1. The van der Waals surface area contributed by atoms with Crippen molar-refractivity contribution in [1.29, 1.82) is 5.26 Å². The lowest BCUT2D eigenvalue weighted by Gasteiger charge is -2.09. The molecule has 0 aliphatic carbocycles. The zero-order chi connectivity index (χ0) is 18.4. The van der Waals surface area contributed by atoms with E-state index in [1.807, 2.05) is 25.1 Å². The van der Waals surface area contributed by atoms with Gasteiger partial charge in [-0.25, -0.2) is 9.37 Å². The van der Waals surface area contributed by atoms with Crippen LogP contribution in [0.3, 0.4) is 0 Å². The fraction of sp³-hybridized carbons (Fsp3) is 0.150. The van der Waals surface area contributed by atoms with Crippen molar-refractivity contribution >= 4 is 11.8 Å².